The quantitative estimate of drug-likeness (QED) is 0.273. The topological polar surface area (TPSA) is 76.1 Å². The van der Waals surface area contributed by atoms with Gasteiger partial charge in [0.15, 0.2) is 0 Å². The maximum atomic E-state index is 12.8. The van der Waals surface area contributed by atoms with Gasteiger partial charge in [-0.3, -0.25) is 4.79 Å². The molecule has 1 aromatic carbocycles. The van der Waals surface area contributed by atoms with E-state index < -0.39 is 11.8 Å². The number of carbonyl (C=O) groups is 2. The van der Waals surface area contributed by atoms with Crippen LogP contribution in [0.1, 0.15) is 30.1 Å². The summed E-state index contributed by atoms with van der Waals surface area (Å²) >= 11 is 0. The molecule has 1 aliphatic rings. The van der Waals surface area contributed by atoms with Gasteiger partial charge in [-0.25, -0.2) is 4.79 Å². The number of benzene rings is 1. The lowest BCUT2D eigenvalue weighted by molar-refractivity contribution is -0.138. The zero-order valence-corrected chi connectivity index (χ0v) is 13.5. The molecule has 0 amide bonds. The van der Waals surface area contributed by atoms with Crippen LogP contribution in [0.25, 0.3) is 0 Å². The maximum absolute atomic E-state index is 12.8. The average Bonchev–Trinajstić information content (AvgIpc) is 3.30. The first-order valence-electron chi connectivity index (χ1n) is 7.52. The number of aromatic hydroxyl groups is 1. The van der Waals surface area contributed by atoms with Crippen molar-refractivity contribution in [2.45, 2.75) is 25.9 Å². The van der Waals surface area contributed by atoms with Gasteiger partial charge >= 0.3 is 5.97 Å². The van der Waals surface area contributed by atoms with Gasteiger partial charge in [-0.05, 0) is 38.0 Å². The number of nitrogens with zero attached hydrogens (tertiary/aromatic N) is 1. The fourth-order valence-corrected chi connectivity index (χ4v) is 1.98. The first-order chi connectivity index (χ1) is 10.9. The van der Waals surface area contributed by atoms with E-state index >= 15 is 0 Å². The van der Waals surface area contributed by atoms with Crippen molar-refractivity contribution in [2.24, 2.45) is 0 Å². The van der Waals surface area contributed by atoms with Gasteiger partial charge < -0.3 is 19.5 Å². The van der Waals surface area contributed by atoms with Crippen molar-refractivity contribution in [3.8, 4) is 11.5 Å². The summed E-state index contributed by atoms with van der Waals surface area (Å²) in [5.74, 6) is -0.940. The number of hydrogen-bond acceptors (Lipinski definition) is 6. The zero-order valence-electron chi connectivity index (χ0n) is 13.5. The smallest absolute Gasteiger partial charge is 0.343 e. The normalized spacial score (nSPS) is 14.3. The second-order valence-corrected chi connectivity index (χ2v) is 5.55. The molecule has 1 saturated carbocycles. The molecule has 0 radical (unpaired) electrons. The lowest BCUT2D eigenvalue weighted by Crippen LogP contribution is -2.20. The molecule has 0 aromatic heterocycles. The number of ether oxygens (including phenoxy) is 2. The molecule has 0 saturated heterocycles. The van der Waals surface area contributed by atoms with Crippen LogP contribution in [-0.2, 0) is 9.53 Å². The predicted octanol–water partition coefficient (Wildman–Crippen LogP) is 2.12. The van der Waals surface area contributed by atoms with Crippen LogP contribution in [0.4, 0.5) is 0 Å². The minimum Gasteiger partial charge on any atom is -0.508 e. The van der Waals surface area contributed by atoms with Gasteiger partial charge in [0.05, 0.1) is 18.3 Å². The fourth-order valence-electron chi connectivity index (χ4n) is 1.98. The molecule has 1 aromatic rings. The van der Waals surface area contributed by atoms with Crippen LogP contribution < -0.4 is 4.74 Å². The standard InChI is InChI=1S/C17H21NO5/c1-4-22-17(21)14(10-18(2)3)16(20)13-9-11(19)5-8-15(13)23-12-6-7-12/h5,8-10,12,19H,4,6-7H2,1-3H3/b14-10-. The number of phenolic OH excluding ortho intramolecular Hbond substituents is 1. The molecule has 6 nitrogen and oxygen atoms in total. The number of phenols is 1. The molecule has 0 bridgehead atoms. The lowest BCUT2D eigenvalue weighted by Gasteiger charge is -2.14. The predicted molar refractivity (Wildman–Crippen MR) is 84.5 cm³/mol. The fraction of sp³-hybridized carbons (Fsp3) is 0.412. The Kier molecular flexibility index (Phi) is 5.26. The van der Waals surface area contributed by atoms with Crippen molar-refractivity contribution < 1.29 is 24.2 Å². The van der Waals surface area contributed by atoms with Gasteiger partial charge in [-0.2, -0.15) is 0 Å². The van der Waals surface area contributed by atoms with Crippen molar-refractivity contribution in [1.29, 1.82) is 0 Å². The Balaban J connectivity index is 2.38. The third-order valence-corrected chi connectivity index (χ3v) is 3.15. The largest absolute Gasteiger partial charge is 0.508 e. The van der Waals surface area contributed by atoms with Crippen molar-refractivity contribution >= 4 is 11.8 Å². The van der Waals surface area contributed by atoms with Crippen molar-refractivity contribution in [1.82, 2.24) is 4.90 Å². The van der Waals surface area contributed by atoms with Crippen LogP contribution >= 0.6 is 0 Å². The summed E-state index contributed by atoms with van der Waals surface area (Å²) in [4.78, 5) is 26.5. The summed E-state index contributed by atoms with van der Waals surface area (Å²) in [6.07, 6.45) is 3.38. The highest BCUT2D eigenvalue weighted by Gasteiger charge is 2.29. The SMILES string of the molecule is CCOC(=O)/C(=C\N(C)C)C(=O)c1cc(O)ccc1OC1CC1. The first kappa shape index (κ1) is 16.9. The molecule has 1 aliphatic carbocycles. The summed E-state index contributed by atoms with van der Waals surface area (Å²) in [5.41, 5.74) is 0.0427. The van der Waals surface area contributed by atoms with Crippen LogP contribution in [0.2, 0.25) is 0 Å². The van der Waals surface area contributed by atoms with Crippen molar-refractivity contribution in [3.05, 3.63) is 35.5 Å². The third kappa shape index (κ3) is 4.48. The Bertz CT molecular complexity index is 632. The zero-order chi connectivity index (χ0) is 17.0. The minimum atomic E-state index is -0.702. The summed E-state index contributed by atoms with van der Waals surface area (Å²) < 4.78 is 10.7. The van der Waals surface area contributed by atoms with Crippen LogP contribution in [0.15, 0.2) is 30.0 Å². The van der Waals surface area contributed by atoms with Gasteiger partial charge in [0.25, 0.3) is 0 Å². The van der Waals surface area contributed by atoms with E-state index in [4.69, 9.17) is 9.47 Å². The Morgan fingerprint density at radius 1 is 1.35 bits per heavy atom. The van der Waals surface area contributed by atoms with Gasteiger partial charge in [0, 0.05) is 20.3 Å². The maximum Gasteiger partial charge on any atom is 0.343 e. The number of hydrogen-bond donors (Lipinski definition) is 1. The van der Waals surface area contributed by atoms with E-state index in [1.807, 2.05) is 0 Å². The van der Waals surface area contributed by atoms with E-state index in [1.54, 1.807) is 32.0 Å². The number of Topliss-reactive ketones (excluding diaryl/α,β-unsaturated/α-hetero) is 1. The summed E-state index contributed by atoms with van der Waals surface area (Å²) in [7, 11) is 3.41. The molecule has 6 heteroatoms. The molecule has 2 rings (SSSR count). The number of carbonyl (C=O) groups excluding carboxylic acids is 2. The molecule has 23 heavy (non-hydrogen) atoms. The highest BCUT2D eigenvalue weighted by atomic mass is 16.5. The van der Waals surface area contributed by atoms with Crippen LogP contribution in [-0.4, -0.2) is 48.6 Å². The molecular weight excluding hydrogens is 298 g/mol. The Labute approximate surface area is 135 Å². The van der Waals surface area contributed by atoms with E-state index in [0.717, 1.165) is 12.8 Å². The van der Waals surface area contributed by atoms with Gasteiger partial charge in [-0.15, -0.1) is 0 Å². The Morgan fingerprint density at radius 2 is 2.04 bits per heavy atom. The van der Waals surface area contributed by atoms with Crippen LogP contribution in [0.3, 0.4) is 0 Å². The van der Waals surface area contributed by atoms with E-state index in [-0.39, 0.29) is 29.6 Å². The van der Waals surface area contributed by atoms with Crippen LogP contribution in [0, 0.1) is 0 Å². The number of rotatable bonds is 7. The first-order valence-corrected chi connectivity index (χ1v) is 7.52. The van der Waals surface area contributed by atoms with Gasteiger partial charge in [-0.1, -0.05) is 0 Å². The summed E-state index contributed by atoms with van der Waals surface area (Å²) in [6, 6.07) is 4.30. The van der Waals surface area contributed by atoms with Crippen molar-refractivity contribution in [3.63, 3.8) is 0 Å². The van der Waals surface area contributed by atoms with E-state index in [2.05, 4.69) is 0 Å². The molecular formula is C17H21NO5. The molecule has 1 N–H and O–H groups in total. The lowest BCUT2D eigenvalue weighted by atomic mass is 10.0. The van der Waals surface area contributed by atoms with Crippen molar-refractivity contribution in [2.75, 3.05) is 20.7 Å². The molecule has 1 fully saturated rings. The second-order valence-electron chi connectivity index (χ2n) is 5.55. The van der Waals surface area contributed by atoms with Crippen LogP contribution in [0.5, 0.6) is 11.5 Å². The monoisotopic (exact) mass is 319 g/mol. The molecule has 0 heterocycles. The van der Waals surface area contributed by atoms with E-state index in [9.17, 15) is 14.7 Å². The summed E-state index contributed by atoms with van der Waals surface area (Å²) in [5, 5.41) is 9.69. The molecule has 0 atom stereocenters. The number of ketones is 1. The second kappa shape index (κ2) is 7.17. The molecule has 0 unspecified atom stereocenters. The molecule has 0 spiro atoms. The Morgan fingerprint density at radius 3 is 2.61 bits per heavy atom. The Hall–Kier alpha value is -2.50. The summed E-state index contributed by atoms with van der Waals surface area (Å²) in [6.45, 7) is 1.84. The highest BCUT2D eigenvalue weighted by Crippen LogP contribution is 2.32. The molecule has 0 aliphatic heterocycles. The third-order valence-electron chi connectivity index (χ3n) is 3.15. The van der Waals surface area contributed by atoms with Gasteiger partial charge in [0.1, 0.15) is 17.1 Å². The number of esters is 1. The minimum absolute atomic E-state index is 0.0652. The highest BCUT2D eigenvalue weighted by molar-refractivity contribution is 6.25. The average molecular weight is 319 g/mol. The molecule has 124 valence electrons. The van der Waals surface area contributed by atoms with Gasteiger partial charge in [0.2, 0.25) is 5.78 Å². The van der Waals surface area contributed by atoms with E-state index in [1.165, 1.54) is 18.3 Å². The van der Waals surface area contributed by atoms with E-state index in [0.29, 0.717) is 5.75 Å².